The largest absolute Gasteiger partial charge is 0.382 e. The third-order valence-electron chi connectivity index (χ3n) is 4.05. The molecule has 1 aliphatic rings. The molecule has 0 spiro atoms. The Kier molecular flexibility index (Phi) is 3.49. The van der Waals surface area contributed by atoms with E-state index in [2.05, 4.69) is 19.7 Å². The molecular formula is C13H18N4O2S. The number of hydrogen-bond donors (Lipinski definition) is 1. The highest BCUT2D eigenvalue weighted by Gasteiger charge is 2.46. The van der Waals surface area contributed by atoms with Gasteiger partial charge in [-0.25, -0.2) is 4.98 Å². The van der Waals surface area contributed by atoms with E-state index in [1.54, 1.807) is 24.8 Å². The van der Waals surface area contributed by atoms with Crippen molar-refractivity contribution in [3.63, 3.8) is 0 Å². The zero-order valence-electron chi connectivity index (χ0n) is 11.4. The molecule has 0 radical (unpaired) electrons. The smallest absolute Gasteiger partial charge is 0.240 e. The summed E-state index contributed by atoms with van der Waals surface area (Å²) in [6.45, 7) is 1.89. The van der Waals surface area contributed by atoms with E-state index in [-0.39, 0.29) is 5.91 Å². The van der Waals surface area contributed by atoms with Crippen molar-refractivity contribution in [2.45, 2.75) is 24.9 Å². The first-order valence-corrected chi connectivity index (χ1v) is 7.48. The zero-order valence-corrected chi connectivity index (χ0v) is 12.2. The van der Waals surface area contributed by atoms with E-state index >= 15 is 0 Å². The van der Waals surface area contributed by atoms with Gasteiger partial charge in [-0.2, -0.15) is 0 Å². The van der Waals surface area contributed by atoms with E-state index in [9.17, 15) is 4.79 Å². The number of fused-ring (bicyclic) bond motifs is 1. The molecule has 2 aromatic rings. The van der Waals surface area contributed by atoms with Crippen molar-refractivity contribution < 1.29 is 9.53 Å². The second-order valence-electron chi connectivity index (χ2n) is 5.18. The fraction of sp³-hybridized carbons (Fsp3) is 0.538. The van der Waals surface area contributed by atoms with Crippen LogP contribution in [0.4, 0.5) is 0 Å². The lowest BCUT2D eigenvalue weighted by atomic mass is 9.96. The van der Waals surface area contributed by atoms with Crippen LogP contribution in [0.2, 0.25) is 0 Å². The van der Waals surface area contributed by atoms with Gasteiger partial charge in [-0.1, -0.05) is 0 Å². The number of imidazole rings is 1. The lowest BCUT2D eigenvalue weighted by molar-refractivity contribution is -0.132. The standard InChI is InChI=1S/C13H18N4O2S/c1-19-8-13(12(14)18)3-2-4-16(13)6-10-7-20-11-5-15-9-17(10)11/h5,7,9H,2-4,6,8H2,1H3,(H2,14,18). The Balaban J connectivity index is 1.89. The summed E-state index contributed by atoms with van der Waals surface area (Å²) in [4.78, 5) is 19.3. The zero-order chi connectivity index (χ0) is 14.2. The van der Waals surface area contributed by atoms with Gasteiger partial charge in [0.1, 0.15) is 16.7 Å². The van der Waals surface area contributed by atoms with Gasteiger partial charge in [0.2, 0.25) is 5.91 Å². The predicted molar refractivity (Wildman–Crippen MR) is 76.5 cm³/mol. The summed E-state index contributed by atoms with van der Waals surface area (Å²) in [7, 11) is 1.61. The molecule has 7 heteroatoms. The number of nitrogens with zero attached hydrogens (tertiary/aromatic N) is 3. The van der Waals surface area contributed by atoms with Crippen LogP contribution in [-0.2, 0) is 16.1 Å². The van der Waals surface area contributed by atoms with Crippen molar-refractivity contribution in [3.05, 3.63) is 23.6 Å². The summed E-state index contributed by atoms with van der Waals surface area (Å²) in [5.74, 6) is -0.297. The molecule has 1 aliphatic heterocycles. The number of nitrogens with two attached hydrogens (primary N) is 1. The molecule has 6 nitrogen and oxygen atoms in total. The molecular weight excluding hydrogens is 276 g/mol. The molecule has 1 amide bonds. The lowest BCUT2D eigenvalue weighted by Gasteiger charge is -2.34. The summed E-state index contributed by atoms with van der Waals surface area (Å²) in [6, 6.07) is 0. The van der Waals surface area contributed by atoms with Crippen molar-refractivity contribution in [1.29, 1.82) is 0 Å². The van der Waals surface area contributed by atoms with Crippen LogP contribution < -0.4 is 5.73 Å². The number of amides is 1. The number of ether oxygens (including phenoxy) is 1. The topological polar surface area (TPSA) is 72.9 Å². The number of thiazole rings is 1. The Morgan fingerprint density at radius 2 is 2.50 bits per heavy atom. The molecule has 20 heavy (non-hydrogen) atoms. The maximum atomic E-state index is 11.9. The molecule has 3 heterocycles. The third-order valence-corrected chi connectivity index (χ3v) is 4.98. The van der Waals surface area contributed by atoms with E-state index in [0.717, 1.165) is 29.9 Å². The van der Waals surface area contributed by atoms with Gasteiger partial charge in [0.25, 0.3) is 0 Å². The summed E-state index contributed by atoms with van der Waals surface area (Å²) in [6.07, 6.45) is 5.37. The Bertz CT molecular complexity index is 623. The summed E-state index contributed by atoms with van der Waals surface area (Å²) in [5, 5.41) is 2.11. The molecule has 0 aliphatic carbocycles. The van der Waals surface area contributed by atoms with Crippen molar-refractivity contribution in [1.82, 2.24) is 14.3 Å². The molecule has 1 fully saturated rings. The minimum Gasteiger partial charge on any atom is -0.382 e. The number of carbonyl (C=O) groups is 1. The van der Waals surface area contributed by atoms with Gasteiger partial charge in [0.15, 0.2) is 0 Å². The van der Waals surface area contributed by atoms with Crippen molar-refractivity contribution in [3.8, 4) is 0 Å². The number of primary amides is 1. The number of hydrogen-bond acceptors (Lipinski definition) is 5. The normalized spacial score (nSPS) is 23.6. The van der Waals surface area contributed by atoms with Gasteiger partial charge in [-0.05, 0) is 19.4 Å². The molecule has 108 valence electrons. The van der Waals surface area contributed by atoms with Gasteiger partial charge in [-0.15, -0.1) is 11.3 Å². The number of aromatic nitrogens is 2. The molecule has 1 atom stereocenters. The van der Waals surface area contributed by atoms with Crippen LogP contribution in [0.5, 0.6) is 0 Å². The van der Waals surface area contributed by atoms with Crippen LogP contribution in [0.15, 0.2) is 17.9 Å². The first-order valence-electron chi connectivity index (χ1n) is 6.60. The summed E-state index contributed by atoms with van der Waals surface area (Å²) >= 11 is 1.65. The molecule has 2 aromatic heterocycles. The highest BCUT2D eigenvalue weighted by molar-refractivity contribution is 7.15. The second-order valence-corrected chi connectivity index (χ2v) is 6.07. The molecule has 0 aromatic carbocycles. The summed E-state index contributed by atoms with van der Waals surface area (Å²) < 4.78 is 7.31. The first kappa shape index (κ1) is 13.5. The SMILES string of the molecule is COCC1(C(N)=O)CCCN1Cc1csc2cncn12. The number of rotatable bonds is 5. The van der Waals surface area contributed by atoms with Crippen molar-refractivity contribution >= 4 is 22.1 Å². The Labute approximate surface area is 121 Å². The highest BCUT2D eigenvalue weighted by Crippen LogP contribution is 2.32. The molecule has 0 saturated carbocycles. The first-order chi connectivity index (χ1) is 9.67. The lowest BCUT2D eigenvalue weighted by Crippen LogP contribution is -2.56. The molecule has 2 N–H and O–H groups in total. The van der Waals surface area contributed by atoms with Crippen LogP contribution in [0.3, 0.4) is 0 Å². The minimum atomic E-state index is -0.677. The summed E-state index contributed by atoms with van der Waals surface area (Å²) in [5.41, 5.74) is 6.11. The predicted octanol–water partition coefficient (Wildman–Crippen LogP) is 0.862. The number of likely N-dealkylation sites (tertiary alicyclic amines) is 1. The fourth-order valence-corrected chi connectivity index (χ4v) is 3.84. The van der Waals surface area contributed by atoms with Crippen LogP contribution >= 0.6 is 11.3 Å². The molecule has 1 unspecified atom stereocenters. The Morgan fingerprint density at radius 1 is 1.65 bits per heavy atom. The van der Waals surface area contributed by atoms with Gasteiger partial charge in [0, 0.05) is 24.7 Å². The number of methoxy groups -OCH3 is 1. The van der Waals surface area contributed by atoms with Crippen molar-refractivity contribution in [2.75, 3.05) is 20.3 Å². The van der Waals surface area contributed by atoms with Crippen LogP contribution in [0.25, 0.3) is 4.83 Å². The van der Waals surface area contributed by atoms with E-state index in [4.69, 9.17) is 10.5 Å². The molecule has 3 rings (SSSR count). The fourth-order valence-electron chi connectivity index (χ4n) is 3.00. The second kappa shape index (κ2) is 5.16. The third kappa shape index (κ3) is 2.02. The molecule has 0 bridgehead atoms. The van der Waals surface area contributed by atoms with Gasteiger partial charge in [0.05, 0.1) is 12.8 Å². The number of carbonyl (C=O) groups excluding carboxylic acids is 1. The molecule has 1 saturated heterocycles. The van der Waals surface area contributed by atoms with Crippen LogP contribution in [0.1, 0.15) is 18.5 Å². The Morgan fingerprint density at radius 3 is 3.25 bits per heavy atom. The van der Waals surface area contributed by atoms with Gasteiger partial charge < -0.3 is 10.5 Å². The van der Waals surface area contributed by atoms with E-state index in [1.165, 1.54) is 0 Å². The monoisotopic (exact) mass is 294 g/mol. The van der Waals surface area contributed by atoms with E-state index in [1.807, 2.05) is 6.20 Å². The minimum absolute atomic E-state index is 0.297. The quantitative estimate of drug-likeness (QED) is 0.888. The van der Waals surface area contributed by atoms with Crippen LogP contribution in [-0.4, -0.2) is 46.0 Å². The van der Waals surface area contributed by atoms with Crippen molar-refractivity contribution in [2.24, 2.45) is 5.73 Å². The average molecular weight is 294 g/mol. The van der Waals surface area contributed by atoms with Crippen LogP contribution in [0, 0.1) is 0 Å². The highest BCUT2D eigenvalue weighted by atomic mass is 32.1. The maximum absolute atomic E-state index is 11.9. The van der Waals surface area contributed by atoms with E-state index < -0.39 is 5.54 Å². The van der Waals surface area contributed by atoms with Gasteiger partial charge >= 0.3 is 0 Å². The Hall–Kier alpha value is -1.44. The average Bonchev–Trinajstić information content (AvgIpc) is 3.08. The maximum Gasteiger partial charge on any atom is 0.240 e. The van der Waals surface area contributed by atoms with Gasteiger partial charge in [-0.3, -0.25) is 14.1 Å². The van der Waals surface area contributed by atoms with E-state index in [0.29, 0.717) is 13.2 Å².